The SMILES string of the molecule is CCCN1C(=CC=C2CCCC(C=CC3=[N+](CCC)c4ccccc4C3(C)C)=C2NCCC(=O)OC2C(=O)CCC2=O)C(C)(C)c2ccccc21. The van der Waals surface area contributed by atoms with Crippen LogP contribution in [0, 0.1) is 0 Å². The zero-order valence-electron chi connectivity index (χ0n) is 31.3. The van der Waals surface area contributed by atoms with Gasteiger partial charge in [-0.3, -0.25) is 14.4 Å². The minimum Gasteiger partial charge on any atom is -0.446 e. The highest BCUT2D eigenvalue weighted by Crippen LogP contribution is 2.48. The highest BCUT2D eigenvalue weighted by molar-refractivity contribution is 6.12. The van der Waals surface area contributed by atoms with E-state index in [-0.39, 0.29) is 41.7 Å². The van der Waals surface area contributed by atoms with Crippen molar-refractivity contribution in [2.45, 2.75) is 110 Å². The standard InChI is InChI=1S/C44H53N3O4/c1-7-28-46-34-18-11-9-16-32(34)43(3,4)38(46)24-20-30-14-13-15-31(41(30)45-27-26-40(50)51-42-36(48)22-23-37(42)49)21-25-39-44(5,6)33-17-10-12-19-35(33)47(39)29-8-2/h9-12,16-21,24-25,42H,7-8,13-15,22-23,26-29H2,1-6H3/p+1. The summed E-state index contributed by atoms with van der Waals surface area (Å²) in [6.07, 6.45) is 13.2. The van der Waals surface area contributed by atoms with Gasteiger partial charge in [0.25, 0.3) is 0 Å². The molecule has 0 radical (unpaired) electrons. The Morgan fingerprint density at radius 2 is 1.59 bits per heavy atom. The Balaban J connectivity index is 1.35. The molecule has 0 bridgehead atoms. The third-order valence-electron chi connectivity index (χ3n) is 11.0. The van der Waals surface area contributed by atoms with Crippen LogP contribution in [0.5, 0.6) is 0 Å². The van der Waals surface area contributed by atoms with Gasteiger partial charge in [-0.15, -0.1) is 0 Å². The predicted molar refractivity (Wildman–Crippen MR) is 205 cm³/mol. The number of ketones is 2. The number of nitrogens with zero attached hydrogens (tertiary/aromatic N) is 2. The number of hydrogen-bond donors (Lipinski definition) is 1. The Hall–Kier alpha value is -4.52. The van der Waals surface area contributed by atoms with Gasteiger partial charge in [-0.25, -0.2) is 0 Å². The number of benzene rings is 2. The van der Waals surface area contributed by atoms with E-state index < -0.39 is 12.1 Å². The summed E-state index contributed by atoms with van der Waals surface area (Å²) in [6.45, 7) is 15.9. The number of hydrogen-bond acceptors (Lipinski definition) is 6. The number of anilines is 1. The van der Waals surface area contributed by atoms with Crippen LogP contribution in [-0.4, -0.2) is 53.6 Å². The topological polar surface area (TPSA) is 78.7 Å². The Labute approximate surface area is 303 Å². The lowest BCUT2D eigenvalue weighted by Crippen LogP contribution is -2.30. The van der Waals surface area contributed by atoms with Gasteiger partial charge in [0, 0.05) is 72.6 Å². The van der Waals surface area contributed by atoms with Crippen LogP contribution in [0.15, 0.2) is 95.4 Å². The summed E-state index contributed by atoms with van der Waals surface area (Å²) in [5, 5.41) is 3.62. The predicted octanol–water partition coefficient (Wildman–Crippen LogP) is 8.31. The first-order chi connectivity index (χ1) is 24.5. The fraction of sp³-hybridized carbons (Fsp3) is 0.455. The molecule has 2 aromatic rings. The maximum Gasteiger partial charge on any atom is 0.308 e. The van der Waals surface area contributed by atoms with Crippen molar-refractivity contribution in [2.24, 2.45) is 0 Å². The van der Waals surface area contributed by atoms with E-state index in [1.54, 1.807) is 0 Å². The van der Waals surface area contributed by atoms with Crippen molar-refractivity contribution < 1.29 is 23.7 Å². The molecule has 0 spiro atoms. The summed E-state index contributed by atoms with van der Waals surface area (Å²) >= 11 is 0. The third-order valence-corrected chi connectivity index (χ3v) is 11.0. The van der Waals surface area contributed by atoms with Gasteiger partial charge in [-0.1, -0.05) is 76.2 Å². The fourth-order valence-corrected chi connectivity index (χ4v) is 8.36. The highest BCUT2D eigenvalue weighted by atomic mass is 16.6. The molecule has 1 N–H and O–H groups in total. The maximum atomic E-state index is 12.8. The second-order valence-corrected chi connectivity index (χ2v) is 15.3. The smallest absolute Gasteiger partial charge is 0.308 e. The van der Waals surface area contributed by atoms with E-state index in [0.29, 0.717) is 6.54 Å². The second-order valence-electron chi connectivity index (χ2n) is 15.3. The molecule has 0 unspecified atom stereocenters. The van der Waals surface area contributed by atoms with Crippen molar-refractivity contribution in [1.29, 1.82) is 0 Å². The summed E-state index contributed by atoms with van der Waals surface area (Å²) in [4.78, 5) is 39.5. The molecular formula is C44H54N3O4+. The molecule has 4 aliphatic rings. The van der Waals surface area contributed by atoms with E-state index in [1.165, 1.54) is 45.1 Å². The molecule has 6 rings (SSSR count). The van der Waals surface area contributed by atoms with E-state index in [9.17, 15) is 14.4 Å². The normalized spacial score (nSPS) is 21.4. The van der Waals surface area contributed by atoms with Crippen molar-refractivity contribution >= 4 is 34.6 Å². The molecule has 7 nitrogen and oxygen atoms in total. The number of para-hydroxylation sites is 2. The first kappa shape index (κ1) is 36.3. The van der Waals surface area contributed by atoms with Crippen LogP contribution in [0.3, 0.4) is 0 Å². The van der Waals surface area contributed by atoms with E-state index >= 15 is 0 Å². The Morgan fingerprint density at radius 3 is 2.31 bits per heavy atom. The van der Waals surface area contributed by atoms with Crippen molar-refractivity contribution in [2.75, 3.05) is 24.5 Å². The van der Waals surface area contributed by atoms with Gasteiger partial charge >= 0.3 is 5.97 Å². The summed E-state index contributed by atoms with van der Waals surface area (Å²) < 4.78 is 7.80. The van der Waals surface area contributed by atoms with Crippen molar-refractivity contribution in [1.82, 2.24) is 5.32 Å². The number of esters is 1. The molecule has 2 aliphatic carbocycles. The van der Waals surface area contributed by atoms with Crippen molar-refractivity contribution in [3.63, 3.8) is 0 Å². The molecule has 51 heavy (non-hydrogen) atoms. The Morgan fingerprint density at radius 1 is 0.882 bits per heavy atom. The van der Waals surface area contributed by atoms with Gasteiger partial charge in [0.15, 0.2) is 17.3 Å². The molecule has 0 saturated heterocycles. The monoisotopic (exact) mass is 688 g/mol. The van der Waals surface area contributed by atoms with Gasteiger partial charge in [-0.2, -0.15) is 4.58 Å². The average molecular weight is 689 g/mol. The molecule has 1 saturated carbocycles. The third kappa shape index (κ3) is 7.04. The van der Waals surface area contributed by atoms with Gasteiger partial charge in [0.1, 0.15) is 6.54 Å². The van der Waals surface area contributed by atoms with Crippen molar-refractivity contribution in [3.05, 3.63) is 107 Å². The molecule has 7 heteroatoms. The van der Waals surface area contributed by atoms with Crippen LogP contribution < -0.4 is 10.2 Å². The molecule has 0 aromatic heterocycles. The van der Waals surface area contributed by atoms with Crippen LogP contribution in [0.2, 0.25) is 0 Å². The molecule has 2 aliphatic heterocycles. The molecule has 2 heterocycles. The Kier molecular flexibility index (Phi) is 10.7. The summed E-state index contributed by atoms with van der Waals surface area (Å²) in [5.41, 5.74) is 11.0. The van der Waals surface area contributed by atoms with Gasteiger partial charge in [0.2, 0.25) is 11.8 Å². The molecule has 2 aromatic carbocycles. The van der Waals surface area contributed by atoms with Gasteiger partial charge < -0.3 is 15.0 Å². The number of rotatable bonds is 12. The summed E-state index contributed by atoms with van der Waals surface area (Å²) in [5.74, 6) is -1.14. The minimum absolute atomic E-state index is 0.0581. The van der Waals surface area contributed by atoms with Crippen LogP contribution in [0.25, 0.3) is 0 Å². The largest absolute Gasteiger partial charge is 0.446 e. The fourth-order valence-electron chi connectivity index (χ4n) is 8.36. The lowest BCUT2D eigenvalue weighted by molar-refractivity contribution is -0.437. The lowest BCUT2D eigenvalue weighted by atomic mass is 9.81. The van der Waals surface area contributed by atoms with Gasteiger partial charge in [0.05, 0.1) is 11.8 Å². The quantitative estimate of drug-likeness (QED) is 0.137. The molecule has 268 valence electrons. The summed E-state index contributed by atoms with van der Waals surface area (Å²) in [6, 6.07) is 17.4. The van der Waals surface area contributed by atoms with Crippen LogP contribution in [0.4, 0.5) is 11.4 Å². The lowest BCUT2D eigenvalue weighted by Gasteiger charge is -2.27. The van der Waals surface area contributed by atoms with E-state index in [1.807, 2.05) is 0 Å². The average Bonchev–Trinajstić information content (AvgIpc) is 3.62. The number of nitrogens with one attached hydrogen (secondary N) is 1. The number of fused-ring (bicyclic) bond motifs is 2. The number of allylic oxidation sites excluding steroid dienone is 7. The molecular weight excluding hydrogens is 635 g/mol. The molecule has 0 amide bonds. The maximum absolute atomic E-state index is 12.8. The van der Waals surface area contributed by atoms with E-state index in [2.05, 4.69) is 129 Å². The van der Waals surface area contributed by atoms with E-state index in [0.717, 1.165) is 50.9 Å². The molecule has 0 atom stereocenters. The first-order valence-electron chi connectivity index (χ1n) is 18.9. The van der Waals surface area contributed by atoms with Crippen LogP contribution >= 0.6 is 0 Å². The highest BCUT2D eigenvalue weighted by Gasteiger charge is 2.44. The first-order valence-corrected chi connectivity index (χ1v) is 18.9. The van der Waals surface area contributed by atoms with Gasteiger partial charge in [-0.05, 0) is 68.4 Å². The van der Waals surface area contributed by atoms with Crippen LogP contribution in [-0.2, 0) is 30.0 Å². The summed E-state index contributed by atoms with van der Waals surface area (Å²) in [7, 11) is 0. The minimum atomic E-state index is -1.24. The number of ether oxygens (including phenoxy) is 1. The Bertz CT molecular complexity index is 1860. The number of carbonyl (C=O) groups excluding carboxylic acids is 3. The van der Waals surface area contributed by atoms with Crippen molar-refractivity contribution in [3.8, 4) is 0 Å². The second kappa shape index (κ2) is 15.0. The zero-order chi connectivity index (χ0) is 36.3. The van der Waals surface area contributed by atoms with E-state index in [4.69, 9.17) is 4.74 Å². The zero-order valence-corrected chi connectivity index (χ0v) is 31.3. The molecule has 1 fully saturated rings. The van der Waals surface area contributed by atoms with Crippen LogP contribution in [0.1, 0.15) is 104 Å². The number of carbonyl (C=O) groups is 3. The number of Topliss-reactive ketones (excluding diaryl/α,β-unsaturated/α-hetero) is 2.